The molecule has 1 N–H and O–H groups in total. The van der Waals surface area contributed by atoms with E-state index < -0.39 is 0 Å². The summed E-state index contributed by atoms with van der Waals surface area (Å²) in [6.45, 7) is 0.826. The molecular formula is C14H15N5. The van der Waals surface area contributed by atoms with E-state index in [-0.39, 0.29) is 0 Å². The fourth-order valence-corrected chi connectivity index (χ4v) is 2.07. The third-order valence-electron chi connectivity index (χ3n) is 3.01. The van der Waals surface area contributed by atoms with Gasteiger partial charge in [-0.3, -0.25) is 4.68 Å². The molecule has 0 spiro atoms. The summed E-state index contributed by atoms with van der Waals surface area (Å²) in [6, 6.07) is 10.0. The van der Waals surface area contributed by atoms with Crippen LogP contribution in [0.5, 0.6) is 0 Å². The van der Waals surface area contributed by atoms with Gasteiger partial charge in [-0.15, -0.1) is 0 Å². The van der Waals surface area contributed by atoms with Gasteiger partial charge in [0.05, 0.1) is 23.1 Å². The Bertz CT molecular complexity index is 684. The second kappa shape index (κ2) is 5.06. The quantitative estimate of drug-likeness (QED) is 0.773. The minimum Gasteiger partial charge on any atom is -0.383 e. The smallest absolute Gasteiger partial charge is 0.0950 e. The van der Waals surface area contributed by atoms with Gasteiger partial charge in [0.2, 0.25) is 0 Å². The molecule has 3 aromatic rings. The fraction of sp³-hybridized carbons (Fsp3) is 0.214. The molecule has 5 nitrogen and oxygen atoms in total. The van der Waals surface area contributed by atoms with Crippen LogP contribution in [-0.2, 0) is 13.5 Å². The minimum absolute atomic E-state index is 0.826. The summed E-state index contributed by atoms with van der Waals surface area (Å²) in [5.74, 6) is 0. The van der Waals surface area contributed by atoms with E-state index in [0.29, 0.717) is 0 Å². The van der Waals surface area contributed by atoms with Gasteiger partial charge in [-0.1, -0.05) is 18.2 Å². The van der Waals surface area contributed by atoms with Crippen LogP contribution in [0.4, 0.5) is 5.69 Å². The summed E-state index contributed by atoms with van der Waals surface area (Å²) in [7, 11) is 1.93. The molecule has 5 heteroatoms. The summed E-state index contributed by atoms with van der Waals surface area (Å²) in [5.41, 5.74) is 3.01. The molecule has 96 valence electrons. The third kappa shape index (κ3) is 2.54. The summed E-state index contributed by atoms with van der Waals surface area (Å²) in [4.78, 5) is 0. The lowest BCUT2D eigenvalue weighted by molar-refractivity contribution is 0.742. The van der Waals surface area contributed by atoms with E-state index >= 15 is 0 Å². The lowest BCUT2D eigenvalue weighted by Gasteiger charge is -2.07. The zero-order chi connectivity index (χ0) is 13.1. The van der Waals surface area contributed by atoms with Crippen LogP contribution in [-0.4, -0.2) is 26.5 Å². The van der Waals surface area contributed by atoms with Crippen LogP contribution in [0.15, 0.2) is 42.7 Å². The second-order valence-corrected chi connectivity index (χ2v) is 4.43. The van der Waals surface area contributed by atoms with E-state index in [9.17, 15) is 0 Å². The maximum Gasteiger partial charge on any atom is 0.0950 e. The highest BCUT2D eigenvalue weighted by Gasteiger charge is 2.02. The number of rotatable bonds is 4. The number of aromatic nitrogens is 4. The first-order valence-electron chi connectivity index (χ1n) is 6.26. The van der Waals surface area contributed by atoms with Crippen LogP contribution in [0.1, 0.15) is 5.69 Å². The Morgan fingerprint density at radius 3 is 2.95 bits per heavy atom. The van der Waals surface area contributed by atoms with Gasteiger partial charge in [0.25, 0.3) is 0 Å². The first kappa shape index (κ1) is 11.6. The Kier molecular flexibility index (Phi) is 3.10. The molecule has 0 saturated heterocycles. The summed E-state index contributed by atoms with van der Waals surface area (Å²) in [6.07, 6.45) is 4.61. The third-order valence-corrected chi connectivity index (χ3v) is 3.01. The van der Waals surface area contributed by atoms with Gasteiger partial charge in [0.1, 0.15) is 0 Å². The van der Waals surface area contributed by atoms with Crippen molar-refractivity contribution in [3.8, 4) is 0 Å². The van der Waals surface area contributed by atoms with E-state index in [0.717, 1.165) is 35.2 Å². The number of benzene rings is 1. The van der Waals surface area contributed by atoms with Crippen LogP contribution in [0.3, 0.4) is 0 Å². The first-order chi connectivity index (χ1) is 9.33. The van der Waals surface area contributed by atoms with Gasteiger partial charge in [0.15, 0.2) is 0 Å². The van der Waals surface area contributed by atoms with Crippen molar-refractivity contribution in [2.45, 2.75) is 6.42 Å². The summed E-state index contributed by atoms with van der Waals surface area (Å²) in [5, 5.41) is 17.0. The summed E-state index contributed by atoms with van der Waals surface area (Å²) < 4.78 is 1.82. The molecule has 2 aromatic heterocycles. The molecule has 0 aliphatic carbocycles. The fourth-order valence-electron chi connectivity index (χ4n) is 2.07. The molecule has 0 radical (unpaired) electrons. The van der Waals surface area contributed by atoms with Crippen molar-refractivity contribution in [3.05, 3.63) is 48.4 Å². The van der Waals surface area contributed by atoms with Gasteiger partial charge < -0.3 is 5.32 Å². The normalized spacial score (nSPS) is 10.8. The number of nitrogens with one attached hydrogen (secondary N) is 1. The molecule has 1 aromatic carbocycles. The van der Waals surface area contributed by atoms with Crippen LogP contribution < -0.4 is 5.32 Å². The standard InChI is InChI=1S/C14H15N5/c1-19-9-7-11(18-19)6-8-15-14-10-16-17-13-5-3-2-4-12(13)14/h2-5,7,9-10H,6,8H2,1H3,(H,15,17). The highest BCUT2D eigenvalue weighted by Crippen LogP contribution is 2.19. The van der Waals surface area contributed by atoms with Gasteiger partial charge in [-0.2, -0.15) is 15.3 Å². The van der Waals surface area contributed by atoms with Crippen LogP contribution in [0, 0.1) is 0 Å². The average Bonchev–Trinajstić information content (AvgIpc) is 2.85. The van der Waals surface area contributed by atoms with Crippen molar-refractivity contribution in [1.82, 2.24) is 20.0 Å². The first-order valence-corrected chi connectivity index (χ1v) is 6.26. The maximum absolute atomic E-state index is 4.35. The van der Waals surface area contributed by atoms with Crippen molar-refractivity contribution in [2.24, 2.45) is 7.05 Å². The Balaban J connectivity index is 1.71. The van der Waals surface area contributed by atoms with Gasteiger partial charge in [0, 0.05) is 31.6 Å². The topological polar surface area (TPSA) is 55.6 Å². The Hall–Kier alpha value is -2.43. The largest absolute Gasteiger partial charge is 0.383 e. The molecule has 0 unspecified atom stereocenters. The molecule has 0 fully saturated rings. The average molecular weight is 253 g/mol. The van der Waals surface area contributed by atoms with Crippen molar-refractivity contribution >= 4 is 16.6 Å². The minimum atomic E-state index is 0.826. The monoisotopic (exact) mass is 253 g/mol. The van der Waals surface area contributed by atoms with Crippen LogP contribution in [0.25, 0.3) is 10.9 Å². The predicted octanol–water partition coefficient (Wildman–Crippen LogP) is 2.02. The zero-order valence-corrected chi connectivity index (χ0v) is 10.7. The molecule has 0 saturated carbocycles. The molecule has 2 heterocycles. The number of hydrogen-bond acceptors (Lipinski definition) is 4. The van der Waals surface area contributed by atoms with Gasteiger partial charge in [-0.05, 0) is 12.1 Å². The molecule has 0 atom stereocenters. The Morgan fingerprint density at radius 2 is 2.11 bits per heavy atom. The van der Waals surface area contributed by atoms with Gasteiger partial charge in [-0.25, -0.2) is 0 Å². The van der Waals surface area contributed by atoms with Crippen LogP contribution >= 0.6 is 0 Å². The molecular weight excluding hydrogens is 238 g/mol. The Morgan fingerprint density at radius 1 is 1.21 bits per heavy atom. The van der Waals surface area contributed by atoms with E-state index in [4.69, 9.17) is 0 Å². The highest BCUT2D eigenvalue weighted by atomic mass is 15.2. The molecule has 0 amide bonds. The molecule has 19 heavy (non-hydrogen) atoms. The zero-order valence-electron chi connectivity index (χ0n) is 10.7. The SMILES string of the molecule is Cn1ccc(CCNc2cnnc3ccccc23)n1. The number of anilines is 1. The predicted molar refractivity (Wildman–Crippen MR) is 74.9 cm³/mol. The van der Waals surface area contributed by atoms with Crippen LogP contribution in [0.2, 0.25) is 0 Å². The van der Waals surface area contributed by atoms with Crippen molar-refractivity contribution in [3.63, 3.8) is 0 Å². The number of hydrogen-bond donors (Lipinski definition) is 1. The molecule has 0 aliphatic heterocycles. The number of aryl methyl sites for hydroxylation is 1. The van der Waals surface area contributed by atoms with E-state index in [1.807, 2.05) is 48.3 Å². The van der Waals surface area contributed by atoms with Gasteiger partial charge >= 0.3 is 0 Å². The second-order valence-electron chi connectivity index (χ2n) is 4.43. The van der Waals surface area contributed by atoms with Crippen molar-refractivity contribution in [2.75, 3.05) is 11.9 Å². The lowest BCUT2D eigenvalue weighted by atomic mass is 10.2. The Labute approximate surface area is 111 Å². The molecule has 0 aliphatic rings. The number of fused-ring (bicyclic) bond motifs is 1. The highest BCUT2D eigenvalue weighted by molar-refractivity contribution is 5.90. The number of nitrogens with zero attached hydrogens (tertiary/aromatic N) is 4. The van der Waals surface area contributed by atoms with E-state index in [1.54, 1.807) is 6.20 Å². The maximum atomic E-state index is 4.35. The molecule has 3 rings (SSSR count). The van der Waals surface area contributed by atoms with Crippen molar-refractivity contribution in [1.29, 1.82) is 0 Å². The van der Waals surface area contributed by atoms with E-state index in [1.165, 1.54) is 0 Å². The van der Waals surface area contributed by atoms with Crippen molar-refractivity contribution < 1.29 is 0 Å². The molecule has 0 bridgehead atoms. The summed E-state index contributed by atoms with van der Waals surface area (Å²) >= 11 is 0. The van der Waals surface area contributed by atoms with E-state index in [2.05, 4.69) is 20.6 Å². The lowest BCUT2D eigenvalue weighted by Crippen LogP contribution is -2.06.